The molecule has 5 heteroatoms. The Morgan fingerprint density at radius 3 is 2.35 bits per heavy atom. The molecule has 0 spiro atoms. The molecule has 0 bridgehead atoms. The van der Waals surface area contributed by atoms with Crippen LogP contribution in [0.5, 0.6) is 0 Å². The summed E-state index contributed by atoms with van der Waals surface area (Å²) in [6, 6.07) is 8.17. The monoisotopic (exact) mass is 332 g/mol. The molecule has 1 aromatic heterocycles. The summed E-state index contributed by atoms with van der Waals surface area (Å²) in [6.07, 6.45) is 0. The maximum atomic E-state index is 12.2. The molecule has 124 valence electrons. The number of carbonyl (C=O) groups is 1. The second-order valence-electron chi connectivity index (χ2n) is 5.46. The minimum atomic E-state index is -0.375. The molecule has 0 atom stereocenters. The number of thiophene rings is 1. The van der Waals surface area contributed by atoms with Gasteiger partial charge in [-0.3, -0.25) is 4.90 Å². The lowest BCUT2D eigenvalue weighted by atomic mass is 9.99. The first-order chi connectivity index (χ1) is 11.0. The molecule has 0 aliphatic heterocycles. The summed E-state index contributed by atoms with van der Waals surface area (Å²) in [5.41, 5.74) is 9.73. The van der Waals surface area contributed by atoms with Gasteiger partial charge in [0.05, 0.1) is 7.11 Å². The maximum absolute atomic E-state index is 12.2. The van der Waals surface area contributed by atoms with Crippen molar-refractivity contribution in [2.24, 2.45) is 0 Å². The SMILES string of the molecule is CCN(CC)Cc1sc(N)c(C(=O)OC)c1-c1ccc(C)cc1. The molecular weight excluding hydrogens is 308 g/mol. The number of methoxy groups -OCH3 is 1. The van der Waals surface area contributed by atoms with Gasteiger partial charge in [-0.15, -0.1) is 11.3 Å². The zero-order valence-corrected chi connectivity index (χ0v) is 15.0. The summed E-state index contributed by atoms with van der Waals surface area (Å²) in [5.74, 6) is -0.375. The van der Waals surface area contributed by atoms with E-state index >= 15 is 0 Å². The number of nitrogen functional groups attached to an aromatic ring is 1. The Hall–Kier alpha value is -1.85. The molecule has 23 heavy (non-hydrogen) atoms. The first-order valence-electron chi connectivity index (χ1n) is 7.80. The highest BCUT2D eigenvalue weighted by Crippen LogP contribution is 2.40. The average Bonchev–Trinajstić information content (AvgIpc) is 2.88. The van der Waals surface area contributed by atoms with Crippen LogP contribution in [0.2, 0.25) is 0 Å². The fraction of sp³-hybridized carbons (Fsp3) is 0.389. The van der Waals surface area contributed by atoms with E-state index in [2.05, 4.69) is 18.7 Å². The van der Waals surface area contributed by atoms with Gasteiger partial charge in [0.15, 0.2) is 0 Å². The summed E-state index contributed by atoms with van der Waals surface area (Å²) in [6.45, 7) is 9.00. The van der Waals surface area contributed by atoms with Gasteiger partial charge in [0.25, 0.3) is 0 Å². The lowest BCUT2D eigenvalue weighted by Gasteiger charge is -2.18. The second kappa shape index (κ2) is 7.62. The van der Waals surface area contributed by atoms with Crippen molar-refractivity contribution >= 4 is 22.3 Å². The molecule has 0 radical (unpaired) electrons. The number of rotatable bonds is 6. The second-order valence-corrected chi connectivity index (χ2v) is 6.60. The Morgan fingerprint density at radius 1 is 1.22 bits per heavy atom. The average molecular weight is 332 g/mol. The lowest BCUT2D eigenvalue weighted by Crippen LogP contribution is -2.22. The highest BCUT2D eigenvalue weighted by Gasteiger charge is 2.24. The van der Waals surface area contributed by atoms with Crippen molar-refractivity contribution in [2.45, 2.75) is 27.3 Å². The molecule has 4 nitrogen and oxygen atoms in total. The van der Waals surface area contributed by atoms with E-state index in [1.165, 1.54) is 24.0 Å². The summed E-state index contributed by atoms with van der Waals surface area (Å²) >= 11 is 1.48. The van der Waals surface area contributed by atoms with Gasteiger partial charge in [0.2, 0.25) is 0 Å². The molecule has 0 aliphatic rings. The van der Waals surface area contributed by atoms with Crippen molar-refractivity contribution in [3.05, 3.63) is 40.3 Å². The molecule has 0 saturated carbocycles. The third kappa shape index (κ3) is 3.74. The Balaban J connectivity index is 2.58. The smallest absolute Gasteiger partial charge is 0.341 e. The van der Waals surface area contributed by atoms with Crippen molar-refractivity contribution in [2.75, 3.05) is 25.9 Å². The number of hydrogen-bond acceptors (Lipinski definition) is 5. The van der Waals surface area contributed by atoms with Crippen LogP contribution in [0.3, 0.4) is 0 Å². The van der Waals surface area contributed by atoms with Crippen LogP contribution in [0, 0.1) is 6.92 Å². The van der Waals surface area contributed by atoms with Crippen LogP contribution in [0.25, 0.3) is 11.1 Å². The highest BCUT2D eigenvalue weighted by molar-refractivity contribution is 7.17. The van der Waals surface area contributed by atoms with Gasteiger partial charge in [0, 0.05) is 17.0 Å². The first-order valence-corrected chi connectivity index (χ1v) is 8.62. The van der Waals surface area contributed by atoms with Crippen LogP contribution in [-0.2, 0) is 11.3 Å². The molecular formula is C18H24N2O2S. The fourth-order valence-electron chi connectivity index (χ4n) is 2.59. The van der Waals surface area contributed by atoms with Crippen molar-refractivity contribution in [3.8, 4) is 11.1 Å². The van der Waals surface area contributed by atoms with E-state index in [-0.39, 0.29) is 5.97 Å². The third-order valence-corrected chi connectivity index (χ3v) is 5.00. The number of aryl methyl sites for hydroxylation is 1. The Bertz CT molecular complexity index is 673. The maximum Gasteiger partial charge on any atom is 0.341 e. The Morgan fingerprint density at radius 2 is 1.83 bits per heavy atom. The number of nitrogens with two attached hydrogens (primary N) is 1. The van der Waals surface area contributed by atoms with E-state index < -0.39 is 0 Å². The first kappa shape index (κ1) is 17.5. The quantitative estimate of drug-likeness (QED) is 0.814. The van der Waals surface area contributed by atoms with Gasteiger partial charge in [-0.1, -0.05) is 43.7 Å². The number of nitrogens with zero attached hydrogens (tertiary/aromatic N) is 1. The van der Waals surface area contributed by atoms with Crippen LogP contribution in [-0.4, -0.2) is 31.1 Å². The van der Waals surface area contributed by atoms with Crippen LogP contribution >= 0.6 is 11.3 Å². The van der Waals surface area contributed by atoms with Crippen LogP contribution in [0.15, 0.2) is 24.3 Å². The van der Waals surface area contributed by atoms with Gasteiger partial charge in [-0.05, 0) is 25.6 Å². The van der Waals surface area contributed by atoms with Gasteiger partial charge in [-0.25, -0.2) is 4.79 Å². The zero-order chi connectivity index (χ0) is 17.0. The molecule has 1 heterocycles. The number of anilines is 1. The number of benzene rings is 1. The van der Waals surface area contributed by atoms with Gasteiger partial charge < -0.3 is 10.5 Å². The van der Waals surface area contributed by atoms with Crippen molar-refractivity contribution in [3.63, 3.8) is 0 Å². The zero-order valence-electron chi connectivity index (χ0n) is 14.2. The lowest BCUT2D eigenvalue weighted by molar-refractivity contribution is 0.0603. The summed E-state index contributed by atoms with van der Waals surface area (Å²) in [7, 11) is 1.39. The standard InChI is InChI=1S/C18H24N2O2S/c1-5-20(6-2)11-14-15(13-9-7-12(3)8-10-13)16(17(19)23-14)18(21)22-4/h7-10H,5-6,11,19H2,1-4H3. The van der Waals surface area contributed by atoms with E-state index in [1.54, 1.807) is 0 Å². The minimum Gasteiger partial charge on any atom is -0.465 e. The molecule has 0 amide bonds. The topological polar surface area (TPSA) is 55.6 Å². The third-order valence-electron chi connectivity index (χ3n) is 4.00. The summed E-state index contributed by atoms with van der Waals surface area (Å²) < 4.78 is 4.95. The molecule has 2 aromatic rings. The van der Waals surface area contributed by atoms with Crippen LogP contribution in [0.1, 0.15) is 34.6 Å². The van der Waals surface area contributed by atoms with Crippen LogP contribution < -0.4 is 5.73 Å². The molecule has 0 saturated heterocycles. The Kier molecular flexibility index (Phi) is 5.80. The number of carbonyl (C=O) groups excluding carboxylic acids is 1. The molecule has 2 N–H and O–H groups in total. The predicted octanol–water partition coefficient (Wildman–Crippen LogP) is 3.93. The van der Waals surface area contributed by atoms with Gasteiger partial charge >= 0.3 is 5.97 Å². The van der Waals surface area contributed by atoms with Crippen molar-refractivity contribution in [1.82, 2.24) is 4.90 Å². The summed E-state index contributed by atoms with van der Waals surface area (Å²) in [5, 5.41) is 0.523. The number of esters is 1. The highest BCUT2D eigenvalue weighted by atomic mass is 32.1. The number of ether oxygens (including phenoxy) is 1. The van der Waals surface area contributed by atoms with Gasteiger partial charge in [0.1, 0.15) is 10.6 Å². The number of hydrogen-bond donors (Lipinski definition) is 1. The minimum absolute atomic E-state index is 0.375. The fourth-order valence-corrected chi connectivity index (χ4v) is 3.71. The van der Waals surface area contributed by atoms with Gasteiger partial charge in [-0.2, -0.15) is 0 Å². The molecule has 1 aromatic carbocycles. The van der Waals surface area contributed by atoms with E-state index in [1.807, 2.05) is 31.2 Å². The largest absolute Gasteiger partial charge is 0.465 e. The van der Waals surface area contributed by atoms with E-state index in [9.17, 15) is 4.79 Å². The van der Waals surface area contributed by atoms with Crippen molar-refractivity contribution in [1.29, 1.82) is 0 Å². The predicted molar refractivity (Wildman–Crippen MR) is 96.9 cm³/mol. The van der Waals surface area contributed by atoms with Crippen LogP contribution in [0.4, 0.5) is 5.00 Å². The molecule has 0 aliphatic carbocycles. The normalized spacial score (nSPS) is 11.0. The molecule has 2 rings (SSSR count). The van der Waals surface area contributed by atoms with E-state index in [0.717, 1.165) is 35.6 Å². The van der Waals surface area contributed by atoms with E-state index in [0.29, 0.717) is 10.6 Å². The van der Waals surface area contributed by atoms with E-state index in [4.69, 9.17) is 10.5 Å². The molecule has 0 unspecified atom stereocenters. The summed E-state index contributed by atoms with van der Waals surface area (Å²) in [4.78, 5) is 15.6. The molecule has 0 fully saturated rings. The Labute approximate surface area is 141 Å². The van der Waals surface area contributed by atoms with Crippen molar-refractivity contribution < 1.29 is 9.53 Å².